The quantitative estimate of drug-likeness (QED) is 0.848. The van der Waals surface area contributed by atoms with Crippen LogP contribution in [-0.4, -0.2) is 15.0 Å². The van der Waals surface area contributed by atoms with Crippen LogP contribution >= 0.6 is 38.9 Å². The fourth-order valence-corrected chi connectivity index (χ4v) is 5.72. The highest BCUT2D eigenvalue weighted by Crippen LogP contribution is 2.34. The lowest BCUT2D eigenvalue weighted by molar-refractivity contribution is 0.496. The van der Waals surface area contributed by atoms with Gasteiger partial charge in [0.1, 0.15) is 4.21 Å². The van der Waals surface area contributed by atoms with E-state index in [9.17, 15) is 8.42 Å². The van der Waals surface area contributed by atoms with Crippen molar-refractivity contribution < 1.29 is 8.42 Å². The Bertz CT molecular complexity index is 490. The van der Waals surface area contributed by atoms with Crippen molar-refractivity contribution in [3.63, 3.8) is 0 Å². The number of hydrogen-bond donors (Lipinski definition) is 1. The van der Waals surface area contributed by atoms with Gasteiger partial charge in [0, 0.05) is 6.54 Å². The molecule has 0 amide bonds. The predicted molar refractivity (Wildman–Crippen MR) is 78.8 cm³/mol. The number of halogens is 2. The number of hydrogen-bond acceptors (Lipinski definition) is 3. The van der Waals surface area contributed by atoms with Gasteiger partial charge in [-0.3, -0.25) is 0 Å². The van der Waals surface area contributed by atoms with Crippen molar-refractivity contribution in [2.75, 3.05) is 6.54 Å². The van der Waals surface area contributed by atoms with E-state index in [1.807, 2.05) is 0 Å². The average Bonchev–Trinajstić information content (AvgIpc) is 2.90. The van der Waals surface area contributed by atoms with E-state index in [0.717, 1.165) is 17.8 Å². The van der Waals surface area contributed by atoms with Gasteiger partial charge in [-0.25, -0.2) is 13.1 Å². The van der Waals surface area contributed by atoms with E-state index in [0.29, 0.717) is 21.3 Å². The lowest BCUT2D eigenvalue weighted by atomic mass is 10.1. The molecule has 1 aliphatic carbocycles. The Morgan fingerprint density at radius 2 is 2.11 bits per heavy atom. The summed E-state index contributed by atoms with van der Waals surface area (Å²) < 4.78 is 27.6. The zero-order valence-electron chi connectivity index (χ0n) is 9.79. The summed E-state index contributed by atoms with van der Waals surface area (Å²) in [5, 5.41) is 0.441. The summed E-state index contributed by atoms with van der Waals surface area (Å²) in [5.41, 5.74) is 0. The fraction of sp³-hybridized carbons (Fsp3) is 0.636. The van der Waals surface area contributed by atoms with Crippen LogP contribution in [0.5, 0.6) is 0 Å². The van der Waals surface area contributed by atoms with Crippen molar-refractivity contribution in [2.45, 2.75) is 36.3 Å². The fourth-order valence-electron chi connectivity index (χ4n) is 2.23. The number of nitrogens with one attached hydrogen (secondary N) is 1. The van der Waals surface area contributed by atoms with Gasteiger partial charge in [0.2, 0.25) is 10.0 Å². The molecule has 2 rings (SSSR count). The first kappa shape index (κ1) is 14.8. The lowest BCUT2D eigenvalue weighted by Crippen LogP contribution is -2.25. The minimum Gasteiger partial charge on any atom is -0.210 e. The second-order valence-electron chi connectivity index (χ2n) is 4.52. The second kappa shape index (κ2) is 6.22. The highest BCUT2D eigenvalue weighted by molar-refractivity contribution is 9.11. The molecular formula is C11H15BrClNO2S2. The molecule has 1 aromatic rings. The third-order valence-electron chi connectivity index (χ3n) is 3.21. The topological polar surface area (TPSA) is 46.2 Å². The maximum Gasteiger partial charge on any atom is 0.250 e. The Balaban J connectivity index is 1.90. The van der Waals surface area contributed by atoms with Crippen LogP contribution in [0.4, 0.5) is 0 Å². The largest absolute Gasteiger partial charge is 0.250 e. The molecule has 0 unspecified atom stereocenters. The minimum atomic E-state index is -3.40. The van der Waals surface area contributed by atoms with E-state index < -0.39 is 10.0 Å². The molecule has 3 nitrogen and oxygen atoms in total. The Morgan fingerprint density at radius 1 is 1.44 bits per heavy atom. The maximum absolute atomic E-state index is 12.0. The molecule has 0 saturated heterocycles. The van der Waals surface area contributed by atoms with E-state index in [2.05, 4.69) is 20.7 Å². The van der Waals surface area contributed by atoms with Gasteiger partial charge in [0.05, 0.1) is 8.81 Å². The maximum atomic E-state index is 12.0. The normalized spacial score (nSPS) is 17.4. The summed E-state index contributed by atoms with van der Waals surface area (Å²) in [4.78, 5) is 0. The second-order valence-corrected chi connectivity index (χ2v) is 9.30. The van der Waals surface area contributed by atoms with Crippen LogP contribution in [0.1, 0.15) is 32.1 Å². The molecule has 0 spiro atoms. The van der Waals surface area contributed by atoms with Crippen molar-refractivity contribution in [1.29, 1.82) is 0 Å². The third kappa shape index (κ3) is 3.70. The van der Waals surface area contributed by atoms with Crippen LogP contribution in [0.3, 0.4) is 0 Å². The van der Waals surface area contributed by atoms with Crippen molar-refractivity contribution in [3.8, 4) is 0 Å². The van der Waals surface area contributed by atoms with Gasteiger partial charge in [-0.1, -0.05) is 37.3 Å². The smallest absolute Gasteiger partial charge is 0.210 e. The van der Waals surface area contributed by atoms with Crippen LogP contribution < -0.4 is 4.72 Å². The van der Waals surface area contributed by atoms with Crippen molar-refractivity contribution >= 4 is 48.9 Å². The summed E-state index contributed by atoms with van der Waals surface area (Å²) in [5.74, 6) is 0.686. The van der Waals surface area contributed by atoms with Crippen molar-refractivity contribution in [3.05, 3.63) is 14.9 Å². The predicted octanol–water partition coefficient (Wildman–Crippen LogP) is 4.02. The summed E-state index contributed by atoms with van der Waals surface area (Å²) in [7, 11) is -3.40. The lowest BCUT2D eigenvalue weighted by Gasteiger charge is -2.09. The summed E-state index contributed by atoms with van der Waals surface area (Å²) in [6.45, 7) is 0.514. The zero-order valence-corrected chi connectivity index (χ0v) is 13.8. The molecule has 1 aromatic heterocycles. The zero-order chi connectivity index (χ0) is 13.2. The Hall–Kier alpha value is 0.380. The Kier molecular flexibility index (Phi) is 5.11. The highest BCUT2D eigenvalue weighted by Gasteiger charge is 2.20. The van der Waals surface area contributed by atoms with E-state index in [4.69, 9.17) is 11.6 Å². The first-order valence-corrected chi connectivity index (χ1v) is 9.40. The number of sulfonamides is 1. The molecule has 1 aliphatic rings. The summed E-state index contributed by atoms with van der Waals surface area (Å²) in [6.07, 6.45) is 5.96. The van der Waals surface area contributed by atoms with Crippen LogP contribution in [-0.2, 0) is 10.0 Å². The average molecular weight is 373 g/mol. The van der Waals surface area contributed by atoms with Crippen LogP contribution in [0.25, 0.3) is 0 Å². The van der Waals surface area contributed by atoms with Gasteiger partial charge in [0.15, 0.2) is 0 Å². The molecule has 0 atom stereocenters. The van der Waals surface area contributed by atoms with Gasteiger partial charge in [-0.2, -0.15) is 0 Å². The molecule has 0 radical (unpaired) electrons. The van der Waals surface area contributed by atoms with Crippen molar-refractivity contribution in [1.82, 2.24) is 4.72 Å². The standard InChI is InChI=1S/C11H15BrClNO2S2/c12-11-9(13)7-10(17-11)18(15,16)14-6-5-8-3-1-2-4-8/h7-8,14H,1-6H2. The molecular weight excluding hydrogens is 358 g/mol. The SMILES string of the molecule is O=S(=O)(NCCC1CCCC1)c1cc(Cl)c(Br)s1. The molecule has 1 N–H and O–H groups in total. The van der Waals surface area contributed by atoms with Crippen LogP contribution in [0.2, 0.25) is 5.02 Å². The minimum absolute atomic E-state index is 0.269. The first-order valence-electron chi connectivity index (χ1n) is 5.93. The molecule has 0 aliphatic heterocycles. The van der Waals surface area contributed by atoms with Crippen LogP contribution in [0.15, 0.2) is 14.1 Å². The van der Waals surface area contributed by atoms with E-state index >= 15 is 0 Å². The highest BCUT2D eigenvalue weighted by atomic mass is 79.9. The number of thiophene rings is 1. The first-order chi connectivity index (χ1) is 8.49. The molecule has 0 aromatic carbocycles. The van der Waals surface area contributed by atoms with Gasteiger partial charge >= 0.3 is 0 Å². The Labute approximate surface area is 125 Å². The molecule has 1 fully saturated rings. The van der Waals surface area contributed by atoms with Crippen molar-refractivity contribution in [2.24, 2.45) is 5.92 Å². The molecule has 1 saturated carbocycles. The van der Waals surface area contributed by atoms with Gasteiger partial charge in [0.25, 0.3) is 0 Å². The third-order valence-corrected chi connectivity index (χ3v) is 7.62. The van der Waals surface area contributed by atoms with Gasteiger partial charge in [-0.05, 0) is 34.3 Å². The monoisotopic (exact) mass is 371 g/mol. The Morgan fingerprint density at radius 3 is 2.67 bits per heavy atom. The molecule has 7 heteroatoms. The number of rotatable bonds is 5. The van der Waals surface area contributed by atoms with Gasteiger partial charge in [-0.15, -0.1) is 11.3 Å². The summed E-state index contributed by atoms with van der Waals surface area (Å²) in [6, 6.07) is 1.48. The molecule has 102 valence electrons. The van der Waals surface area contributed by atoms with E-state index in [-0.39, 0.29) is 4.21 Å². The molecule has 0 bridgehead atoms. The van der Waals surface area contributed by atoms with Crippen LogP contribution in [0, 0.1) is 5.92 Å². The van der Waals surface area contributed by atoms with E-state index in [1.165, 1.54) is 31.7 Å². The van der Waals surface area contributed by atoms with Gasteiger partial charge < -0.3 is 0 Å². The molecule has 1 heterocycles. The summed E-state index contributed by atoms with van der Waals surface area (Å²) >= 11 is 10.2. The molecule has 18 heavy (non-hydrogen) atoms. The van der Waals surface area contributed by atoms with E-state index in [1.54, 1.807) is 0 Å².